The molecule has 0 aliphatic heterocycles. The smallest absolute Gasteiger partial charge is 0.138 e. The fraction of sp³-hybridized carbons (Fsp3) is 0.667. The van der Waals surface area contributed by atoms with Gasteiger partial charge in [0, 0.05) is 13.7 Å². The Morgan fingerprint density at radius 1 is 1.73 bits per heavy atom. The van der Waals surface area contributed by atoms with Gasteiger partial charge in [0.05, 0.1) is 13.2 Å². The van der Waals surface area contributed by atoms with E-state index in [1.54, 1.807) is 7.11 Å². The summed E-state index contributed by atoms with van der Waals surface area (Å²) < 4.78 is 4.85. The number of aromatic amines is 1. The highest BCUT2D eigenvalue weighted by Gasteiger charge is 1.92. The standard InChI is InChI=1S/C6H12N4O/c1-11-3-2-7-4-6-8-5-9-10-6/h5,7H,2-4H2,1H3,(H,8,9,10). The van der Waals surface area contributed by atoms with Crippen LogP contribution in [0.3, 0.4) is 0 Å². The predicted octanol–water partition coefficient (Wildman–Crippen LogP) is -0.459. The molecule has 1 heterocycles. The molecule has 0 spiro atoms. The van der Waals surface area contributed by atoms with Gasteiger partial charge in [-0.2, -0.15) is 5.10 Å². The summed E-state index contributed by atoms with van der Waals surface area (Å²) in [6.45, 7) is 2.26. The normalized spacial score (nSPS) is 10.3. The van der Waals surface area contributed by atoms with Crippen molar-refractivity contribution in [1.82, 2.24) is 20.5 Å². The fourth-order valence-corrected chi connectivity index (χ4v) is 0.697. The average Bonchev–Trinajstić information content (AvgIpc) is 2.50. The van der Waals surface area contributed by atoms with Crippen molar-refractivity contribution in [2.24, 2.45) is 0 Å². The number of nitrogens with zero attached hydrogens (tertiary/aromatic N) is 2. The van der Waals surface area contributed by atoms with Gasteiger partial charge >= 0.3 is 0 Å². The Morgan fingerprint density at radius 2 is 2.64 bits per heavy atom. The number of hydrogen-bond acceptors (Lipinski definition) is 4. The highest BCUT2D eigenvalue weighted by atomic mass is 16.5. The molecule has 0 atom stereocenters. The molecule has 2 N–H and O–H groups in total. The van der Waals surface area contributed by atoms with Crippen LogP contribution in [-0.2, 0) is 11.3 Å². The third-order valence-corrected chi connectivity index (χ3v) is 1.24. The van der Waals surface area contributed by atoms with E-state index in [0.29, 0.717) is 13.2 Å². The van der Waals surface area contributed by atoms with E-state index in [4.69, 9.17) is 4.74 Å². The van der Waals surface area contributed by atoms with Crippen LogP contribution in [0.4, 0.5) is 0 Å². The van der Waals surface area contributed by atoms with Crippen molar-refractivity contribution in [2.75, 3.05) is 20.3 Å². The summed E-state index contributed by atoms with van der Waals surface area (Å²) in [6.07, 6.45) is 1.49. The van der Waals surface area contributed by atoms with Crippen LogP contribution in [-0.4, -0.2) is 35.4 Å². The van der Waals surface area contributed by atoms with E-state index in [1.807, 2.05) is 0 Å². The molecule has 1 aromatic heterocycles. The Kier molecular flexibility index (Phi) is 3.57. The maximum atomic E-state index is 4.85. The molecule has 1 aromatic rings. The Hall–Kier alpha value is -0.940. The average molecular weight is 156 g/mol. The number of H-pyrrole nitrogens is 1. The fourth-order valence-electron chi connectivity index (χ4n) is 0.697. The monoisotopic (exact) mass is 156 g/mol. The van der Waals surface area contributed by atoms with Crippen molar-refractivity contribution in [3.63, 3.8) is 0 Å². The molecule has 0 saturated carbocycles. The Morgan fingerprint density at radius 3 is 3.27 bits per heavy atom. The van der Waals surface area contributed by atoms with Crippen LogP contribution in [0.5, 0.6) is 0 Å². The minimum absolute atomic E-state index is 0.712. The molecule has 5 nitrogen and oxygen atoms in total. The van der Waals surface area contributed by atoms with Gasteiger partial charge < -0.3 is 10.1 Å². The van der Waals surface area contributed by atoms with E-state index in [0.717, 1.165) is 12.4 Å². The lowest BCUT2D eigenvalue weighted by atomic mass is 10.5. The summed E-state index contributed by atoms with van der Waals surface area (Å²) in [4.78, 5) is 3.94. The SMILES string of the molecule is COCCNCc1ncn[nH]1. The van der Waals surface area contributed by atoms with Gasteiger partial charge in [-0.25, -0.2) is 4.98 Å². The summed E-state index contributed by atoms with van der Waals surface area (Å²) >= 11 is 0. The summed E-state index contributed by atoms with van der Waals surface area (Å²) in [5, 5.41) is 9.59. The van der Waals surface area contributed by atoms with Crippen molar-refractivity contribution >= 4 is 0 Å². The molecule has 0 amide bonds. The maximum absolute atomic E-state index is 4.85. The molecular formula is C6H12N4O. The van der Waals surface area contributed by atoms with Gasteiger partial charge in [0.25, 0.3) is 0 Å². The number of aromatic nitrogens is 3. The van der Waals surface area contributed by atoms with Gasteiger partial charge in [-0.15, -0.1) is 0 Å². The molecule has 0 aromatic carbocycles. The zero-order chi connectivity index (χ0) is 7.94. The predicted molar refractivity (Wildman–Crippen MR) is 40.0 cm³/mol. The molecule has 0 unspecified atom stereocenters. The highest BCUT2D eigenvalue weighted by molar-refractivity contribution is 4.77. The quantitative estimate of drug-likeness (QED) is 0.566. The van der Waals surface area contributed by atoms with Crippen LogP contribution in [0.15, 0.2) is 6.33 Å². The zero-order valence-corrected chi connectivity index (χ0v) is 6.50. The van der Waals surface area contributed by atoms with Crippen molar-refractivity contribution in [3.8, 4) is 0 Å². The van der Waals surface area contributed by atoms with Gasteiger partial charge in [0.2, 0.25) is 0 Å². The minimum atomic E-state index is 0.712. The zero-order valence-electron chi connectivity index (χ0n) is 6.50. The van der Waals surface area contributed by atoms with E-state index in [2.05, 4.69) is 20.5 Å². The summed E-state index contributed by atoms with van der Waals surface area (Å²) in [7, 11) is 1.68. The summed E-state index contributed by atoms with van der Waals surface area (Å²) in [5.74, 6) is 0.848. The van der Waals surface area contributed by atoms with E-state index in [1.165, 1.54) is 6.33 Å². The number of hydrogen-bond donors (Lipinski definition) is 2. The van der Waals surface area contributed by atoms with Crippen LogP contribution in [0.2, 0.25) is 0 Å². The van der Waals surface area contributed by atoms with E-state index < -0.39 is 0 Å². The molecule has 11 heavy (non-hydrogen) atoms. The maximum Gasteiger partial charge on any atom is 0.138 e. The molecule has 0 saturated heterocycles. The second-order valence-electron chi connectivity index (χ2n) is 2.10. The number of nitrogens with one attached hydrogen (secondary N) is 2. The van der Waals surface area contributed by atoms with Gasteiger partial charge in [-0.3, -0.25) is 5.10 Å². The van der Waals surface area contributed by atoms with E-state index in [-0.39, 0.29) is 0 Å². The van der Waals surface area contributed by atoms with Crippen LogP contribution in [0, 0.1) is 0 Å². The van der Waals surface area contributed by atoms with Crippen LogP contribution in [0.25, 0.3) is 0 Å². The molecule has 0 aliphatic rings. The topological polar surface area (TPSA) is 62.8 Å². The first kappa shape index (κ1) is 8.16. The lowest BCUT2D eigenvalue weighted by Crippen LogP contribution is -2.19. The molecule has 5 heteroatoms. The second kappa shape index (κ2) is 4.81. The third-order valence-electron chi connectivity index (χ3n) is 1.24. The summed E-state index contributed by atoms with van der Waals surface area (Å²) in [5.41, 5.74) is 0. The van der Waals surface area contributed by atoms with Gasteiger partial charge in [-0.1, -0.05) is 0 Å². The number of rotatable bonds is 5. The van der Waals surface area contributed by atoms with Crippen LogP contribution < -0.4 is 5.32 Å². The lowest BCUT2D eigenvalue weighted by molar-refractivity contribution is 0.199. The van der Waals surface area contributed by atoms with Crippen molar-refractivity contribution in [3.05, 3.63) is 12.2 Å². The first-order valence-electron chi connectivity index (χ1n) is 3.47. The largest absolute Gasteiger partial charge is 0.383 e. The van der Waals surface area contributed by atoms with Crippen molar-refractivity contribution in [1.29, 1.82) is 0 Å². The minimum Gasteiger partial charge on any atom is -0.383 e. The highest BCUT2D eigenvalue weighted by Crippen LogP contribution is 1.81. The van der Waals surface area contributed by atoms with E-state index in [9.17, 15) is 0 Å². The van der Waals surface area contributed by atoms with Gasteiger partial charge in [0.15, 0.2) is 0 Å². The molecule has 1 rings (SSSR count). The Balaban J connectivity index is 2.04. The second-order valence-corrected chi connectivity index (χ2v) is 2.10. The lowest BCUT2D eigenvalue weighted by Gasteiger charge is -1.99. The molecule has 0 aliphatic carbocycles. The van der Waals surface area contributed by atoms with Crippen molar-refractivity contribution in [2.45, 2.75) is 6.54 Å². The first-order chi connectivity index (χ1) is 5.43. The number of ether oxygens (including phenoxy) is 1. The number of methoxy groups -OCH3 is 1. The molecular weight excluding hydrogens is 144 g/mol. The molecule has 0 bridgehead atoms. The van der Waals surface area contributed by atoms with Crippen LogP contribution in [0.1, 0.15) is 5.82 Å². The Labute approximate surface area is 65.2 Å². The molecule has 62 valence electrons. The van der Waals surface area contributed by atoms with Gasteiger partial charge in [0.1, 0.15) is 12.2 Å². The van der Waals surface area contributed by atoms with Crippen LogP contribution >= 0.6 is 0 Å². The molecule has 0 radical (unpaired) electrons. The molecule has 0 fully saturated rings. The van der Waals surface area contributed by atoms with Crippen molar-refractivity contribution < 1.29 is 4.74 Å². The van der Waals surface area contributed by atoms with Gasteiger partial charge in [-0.05, 0) is 0 Å². The summed E-state index contributed by atoms with van der Waals surface area (Å²) in [6, 6.07) is 0. The van der Waals surface area contributed by atoms with E-state index >= 15 is 0 Å². The first-order valence-corrected chi connectivity index (χ1v) is 3.47. The Bertz CT molecular complexity index is 175. The third kappa shape index (κ3) is 3.10.